The van der Waals surface area contributed by atoms with Gasteiger partial charge >= 0.3 is 0 Å². The summed E-state index contributed by atoms with van der Waals surface area (Å²) in [5.74, 6) is -0.150. The van der Waals surface area contributed by atoms with Gasteiger partial charge in [0.05, 0.1) is 12.1 Å². The lowest BCUT2D eigenvalue weighted by molar-refractivity contribution is -0.119. The highest BCUT2D eigenvalue weighted by atomic mass is 16.2. The van der Waals surface area contributed by atoms with Gasteiger partial charge in [-0.15, -0.1) is 0 Å². The van der Waals surface area contributed by atoms with Gasteiger partial charge in [0.15, 0.2) is 11.6 Å². The molecule has 1 aliphatic rings. The average Bonchev–Trinajstić information content (AvgIpc) is 2.24. The molecule has 66 valence electrons. The van der Waals surface area contributed by atoms with Gasteiger partial charge in [-0.05, 0) is 13.3 Å². The summed E-state index contributed by atoms with van der Waals surface area (Å²) in [4.78, 5) is 24.2. The molecule has 3 nitrogen and oxygen atoms in total. The van der Waals surface area contributed by atoms with Crippen LogP contribution in [0.1, 0.15) is 20.3 Å². The number of ketones is 2. The van der Waals surface area contributed by atoms with Gasteiger partial charge in [0.25, 0.3) is 0 Å². The third-order valence-corrected chi connectivity index (χ3v) is 2.10. The highest BCUT2D eigenvalue weighted by Crippen LogP contribution is 2.21. The highest BCUT2D eigenvalue weighted by Gasteiger charge is 2.28. The molecule has 0 fully saturated rings. The predicted molar refractivity (Wildman–Crippen MR) is 45.6 cm³/mol. The minimum atomic E-state index is -0.110. The summed E-state index contributed by atoms with van der Waals surface area (Å²) >= 11 is 0. The van der Waals surface area contributed by atoms with E-state index in [1.807, 2.05) is 18.9 Å². The molecule has 0 atom stereocenters. The van der Waals surface area contributed by atoms with E-state index in [4.69, 9.17) is 0 Å². The molecule has 0 bridgehead atoms. The number of carbonyl (C=O) groups excluding carboxylic acids is 2. The normalized spacial score (nSPS) is 17.6. The lowest BCUT2D eigenvalue weighted by Crippen LogP contribution is -2.15. The fraction of sp³-hybridized carbons (Fsp3) is 0.556. The monoisotopic (exact) mass is 167 g/mol. The van der Waals surface area contributed by atoms with E-state index < -0.39 is 0 Å². The quantitative estimate of drug-likeness (QED) is 0.570. The first-order chi connectivity index (χ1) is 5.57. The number of allylic oxidation sites excluding steroid dienone is 1. The van der Waals surface area contributed by atoms with Gasteiger partial charge in [0.2, 0.25) is 0 Å². The van der Waals surface area contributed by atoms with Crippen LogP contribution in [0.15, 0.2) is 11.3 Å². The van der Waals surface area contributed by atoms with Crippen LogP contribution < -0.4 is 0 Å². The summed E-state index contributed by atoms with van der Waals surface area (Å²) in [7, 11) is 1.84. The Morgan fingerprint density at radius 2 is 2.17 bits per heavy atom. The molecule has 0 saturated carbocycles. The van der Waals surface area contributed by atoms with Gasteiger partial charge in [-0.2, -0.15) is 0 Å². The largest absolute Gasteiger partial charge is 0.369 e. The van der Waals surface area contributed by atoms with Crippen LogP contribution in [-0.2, 0) is 9.59 Å². The molecule has 3 heteroatoms. The second-order valence-electron chi connectivity index (χ2n) is 3.01. The fourth-order valence-corrected chi connectivity index (χ4v) is 1.59. The van der Waals surface area contributed by atoms with E-state index in [-0.39, 0.29) is 11.6 Å². The van der Waals surface area contributed by atoms with Crippen molar-refractivity contribution in [2.24, 2.45) is 0 Å². The maximum absolute atomic E-state index is 11.3. The van der Waals surface area contributed by atoms with Crippen molar-refractivity contribution in [1.82, 2.24) is 4.90 Å². The predicted octanol–water partition coefficient (Wildman–Crippen LogP) is 0.754. The third-order valence-electron chi connectivity index (χ3n) is 2.10. The summed E-state index contributed by atoms with van der Waals surface area (Å²) in [5, 5.41) is 0. The van der Waals surface area contributed by atoms with Crippen molar-refractivity contribution in [3.05, 3.63) is 11.3 Å². The maximum atomic E-state index is 11.3. The molecule has 0 aromatic carbocycles. The van der Waals surface area contributed by atoms with Crippen LogP contribution in [0.2, 0.25) is 0 Å². The maximum Gasteiger partial charge on any atom is 0.187 e. The topological polar surface area (TPSA) is 37.4 Å². The van der Waals surface area contributed by atoms with Gasteiger partial charge in [0, 0.05) is 12.7 Å². The lowest BCUT2D eigenvalue weighted by atomic mass is 10.1. The molecule has 0 aromatic heterocycles. The second kappa shape index (κ2) is 3.09. The minimum absolute atomic E-state index is 0.0400. The Morgan fingerprint density at radius 1 is 1.58 bits per heavy atom. The van der Waals surface area contributed by atoms with E-state index in [9.17, 15) is 9.59 Å². The van der Waals surface area contributed by atoms with Gasteiger partial charge in [-0.1, -0.05) is 6.92 Å². The Kier molecular flexibility index (Phi) is 2.31. The van der Waals surface area contributed by atoms with Gasteiger partial charge in [-0.25, -0.2) is 0 Å². The number of carbonyl (C=O) groups is 2. The minimum Gasteiger partial charge on any atom is -0.369 e. The second-order valence-corrected chi connectivity index (χ2v) is 3.01. The van der Waals surface area contributed by atoms with E-state index >= 15 is 0 Å². The average molecular weight is 167 g/mol. The van der Waals surface area contributed by atoms with Crippen molar-refractivity contribution in [1.29, 1.82) is 0 Å². The zero-order valence-electron chi connectivity index (χ0n) is 7.68. The van der Waals surface area contributed by atoms with Gasteiger partial charge < -0.3 is 4.90 Å². The van der Waals surface area contributed by atoms with E-state index in [2.05, 4.69) is 0 Å². The zero-order valence-corrected chi connectivity index (χ0v) is 7.68. The molecule has 0 amide bonds. The Hall–Kier alpha value is -1.12. The molecular weight excluding hydrogens is 154 g/mol. The Balaban J connectivity index is 3.09. The molecule has 1 heterocycles. The van der Waals surface area contributed by atoms with E-state index in [1.54, 1.807) is 0 Å². The van der Waals surface area contributed by atoms with Crippen molar-refractivity contribution in [2.75, 3.05) is 13.6 Å². The SMILES string of the molecule is CCC1=C(C(C)=O)C(=O)CN1C. The van der Waals surface area contributed by atoms with Crippen LogP contribution in [0.4, 0.5) is 0 Å². The molecule has 0 aliphatic carbocycles. The number of likely N-dealkylation sites (N-methyl/N-ethyl adjacent to an activating group) is 1. The van der Waals surface area contributed by atoms with E-state index in [0.29, 0.717) is 12.1 Å². The Bertz CT molecular complexity index is 266. The number of hydrogen-bond acceptors (Lipinski definition) is 3. The first-order valence-electron chi connectivity index (χ1n) is 4.06. The number of Topliss-reactive ketones (excluding diaryl/α,β-unsaturated/α-hetero) is 2. The first kappa shape index (κ1) is 8.97. The molecule has 1 aliphatic heterocycles. The summed E-state index contributed by atoms with van der Waals surface area (Å²) < 4.78 is 0. The number of hydrogen-bond donors (Lipinski definition) is 0. The van der Waals surface area contributed by atoms with E-state index in [0.717, 1.165) is 12.1 Å². The molecule has 0 unspecified atom stereocenters. The van der Waals surface area contributed by atoms with Crippen molar-refractivity contribution in [3.63, 3.8) is 0 Å². The van der Waals surface area contributed by atoms with Crippen molar-refractivity contribution in [3.8, 4) is 0 Å². The van der Waals surface area contributed by atoms with Crippen LogP contribution >= 0.6 is 0 Å². The summed E-state index contributed by atoms with van der Waals surface area (Å²) in [6.07, 6.45) is 0.747. The van der Waals surface area contributed by atoms with Crippen LogP contribution in [-0.4, -0.2) is 30.1 Å². The molecule has 0 radical (unpaired) electrons. The Labute approximate surface area is 72.0 Å². The van der Waals surface area contributed by atoms with Gasteiger partial charge in [-0.3, -0.25) is 9.59 Å². The summed E-state index contributed by atoms with van der Waals surface area (Å²) in [6, 6.07) is 0. The van der Waals surface area contributed by atoms with Gasteiger partial charge in [0.1, 0.15) is 0 Å². The van der Waals surface area contributed by atoms with Crippen molar-refractivity contribution < 1.29 is 9.59 Å². The molecule has 0 saturated heterocycles. The van der Waals surface area contributed by atoms with Crippen molar-refractivity contribution >= 4 is 11.6 Å². The molecule has 0 N–H and O–H groups in total. The zero-order chi connectivity index (χ0) is 9.30. The lowest BCUT2D eigenvalue weighted by Gasteiger charge is -2.12. The molecule has 12 heavy (non-hydrogen) atoms. The van der Waals surface area contributed by atoms with Crippen molar-refractivity contribution in [2.45, 2.75) is 20.3 Å². The van der Waals surface area contributed by atoms with E-state index in [1.165, 1.54) is 6.92 Å². The number of nitrogens with zero attached hydrogens (tertiary/aromatic N) is 1. The molecular formula is C9H13NO2. The third kappa shape index (κ3) is 1.26. The Morgan fingerprint density at radius 3 is 2.50 bits per heavy atom. The fourth-order valence-electron chi connectivity index (χ4n) is 1.59. The standard InChI is InChI=1S/C9H13NO2/c1-4-7-9(6(2)11)8(12)5-10(7)3/h4-5H2,1-3H3. The summed E-state index contributed by atoms with van der Waals surface area (Å²) in [6.45, 7) is 3.76. The molecule has 1 rings (SSSR count). The molecule has 0 aromatic rings. The molecule has 0 spiro atoms. The first-order valence-corrected chi connectivity index (χ1v) is 4.06. The van der Waals surface area contributed by atoms with Crippen LogP contribution in [0, 0.1) is 0 Å². The number of rotatable bonds is 2. The summed E-state index contributed by atoms with van der Waals surface area (Å²) in [5.41, 5.74) is 1.28. The smallest absolute Gasteiger partial charge is 0.187 e. The van der Waals surface area contributed by atoms with Crippen LogP contribution in [0.3, 0.4) is 0 Å². The van der Waals surface area contributed by atoms with Crippen LogP contribution in [0.25, 0.3) is 0 Å². The van der Waals surface area contributed by atoms with Crippen LogP contribution in [0.5, 0.6) is 0 Å². The highest BCUT2D eigenvalue weighted by molar-refractivity contribution is 6.22.